The lowest BCUT2D eigenvalue weighted by molar-refractivity contribution is 0.0527. The fraction of sp³-hybridized carbons (Fsp3) is 0.278. The van der Waals surface area contributed by atoms with Gasteiger partial charge in [0, 0.05) is 10.4 Å². The number of imidazole rings is 1. The van der Waals surface area contributed by atoms with E-state index in [1.54, 1.807) is 13.8 Å². The molecule has 0 atom stereocenters. The maximum absolute atomic E-state index is 12.8. The zero-order chi connectivity index (χ0) is 19.7. The number of H-pyrrole nitrogens is 1. The maximum atomic E-state index is 12.8. The molecular formula is C18H17F2N3O3S. The van der Waals surface area contributed by atoms with Gasteiger partial charge in [-0.2, -0.15) is 0 Å². The molecule has 3 rings (SSSR count). The molecule has 0 fully saturated rings. The van der Waals surface area contributed by atoms with E-state index in [0.29, 0.717) is 21.6 Å². The number of amides is 1. The molecule has 0 saturated heterocycles. The van der Waals surface area contributed by atoms with Crippen LogP contribution in [0.15, 0.2) is 18.2 Å². The van der Waals surface area contributed by atoms with E-state index in [1.165, 1.54) is 29.5 Å². The second-order valence-corrected chi connectivity index (χ2v) is 7.04. The van der Waals surface area contributed by atoms with Gasteiger partial charge in [-0.15, -0.1) is 11.3 Å². The Morgan fingerprint density at radius 1 is 1.33 bits per heavy atom. The third kappa shape index (κ3) is 3.68. The number of ether oxygens (including phenoxy) is 1. The molecule has 2 aromatic heterocycles. The zero-order valence-electron chi connectivity index (χ0n) is 14.9. The van der Waals surface area contributed by atoms with Crippen LogP contribution in [0.2, 0.25) is 0 Å². The summed E-state index contributed by atoms with van der Waals surface area (Å²) in [5, 5.41) is 3.11. The number of nitrogens with zero attached hydrogens (tertiary/aromatic N) is 1. The number of anilines is 1. The van der Waals surface area contributed by atoms with Crippen LogP contribution in [0.5, 0.6) is 0 Å². The van der Waals surface area contributed by atoms with Crippen molar-refractivity contribution in [3.8, 4) is 0 Å². The molecule has 0 bridgehead atoms. The van der Waals surface area contributed by atoms with Gasteiger partial charge in [0.1, 0.15) is 5.00 Å². The summed E-state index contributed by atoms with van der Waals surface area (Å²) in [6.45, 7) is 5.57. The molecule has 1 aromatic carbocycles. The normalized spacial score (nSPS) is 11.2. The lowest BCUT2D eigenvalue weighted by atomic mass is 10.1. The number of aromatic nitrogens is 2. The third-order valence-electron chi connectivity index (χ3n) is 4.06. The first-order valence-corrected chi connectivity index (χ1v) is 8.99. The number of alkyl halides is 2. The fourth-order valence-corrected chi connectivity index (χ4v) is 3.66. The Morgan fingerprint density at radius 2 is 2.07 bits per heavy atom. The van der Waals surface area contributed by atoms with E-state index in [4.69, 9.17) is 4.74 Å². The van der Waals surface area contributed by atoms with Crippen LogP contribution in [0.4, 0.5) is 13.8 Å². The number of aryl methyl sites for hydroxylation is 1. The van der Waals surface area contributed by atoms with Crippen molar-refractivity contribution in [2.45, 2.75) is 27.2 Å². The zero-order valence-corrected chi connectivity index (χ0v) is 15.7. The van der Waals surface area contributed by atoms with Gasteiger partial charge in [0.05, 0.1) is 23.2 Å². The minimum Gasteiger partial charge on any atom is -0.462 e. The molecule has 3 aromatic rings. The van der Waals surface area contributed by atoms with Crippen LogP contribution in [0.25, 0.3) is 11.0 Å². The number of thiophene rings is 1. The minimum atomic E-state index is -2.72. The average Bonchev–Trinajstić information content (AvgIpc) is 3.16. The van der Waals surface area contributed by atoms with Gasteiger partial charge in [-0.1, -0.05) is 0 Å². The van der Waals surface area contributed by atoms with Crippen molar-refractivity contribution in [3.63, 3.8) is 0 Å². The minimum absolute atomic E-state index is 0.226. The molecule has 6 nitrogen and oxygen atoms in total. The number of esters is 1. The SMILES string of the molecule is CCOC(=O)c1c(NC(=O)c2ccc3nc(C(F)F)[nH]c3c2)sc(C)c1C. The van der Waals surface area contributed by atoms with Crippen LogP contribution in [0, 0.1) is 13.8 Å². The Labute approximate surface area is 157 Å². The van der Waals surface area contributed by atoms with Gasteiger partial charge in [-0.3, -0.25) is 4.79 Å². The lowest BCUT2D eigenvalue weighted by Gasteiger charge is -2.07. The molecule has 27 heavy (non-hydrogen) atoms. The second kappa shape index (κ2) is 7.43. The summed E-state index contributed by atoms with van der Waals surface area (Å²) in [6, 6.07) is 4.43. The highest BCUT2D eigenvalue weighted by Gasteiger charge is 2.23. The standard InChI is InChI=1S/C18H17F2N3O3S/c1-4-26-18(25)13-8(2)9(3)27-17(13)23-16(24)10-5-6-11-12(7-10)22-15(21-11)14(19)20/h5-7,14H,4H2,1-3H3,(H,21,22)(H,23,24). The number of halogens is 2. The van der Waals surface area contributed by atoms with Gasteiger partial charge in [-0.05, 0) is 44.5 Å². The van der Waals surface area contributed by atoms with Crippen LogP contribution in [-0.4, -0.2) is 28.5 Å². The highest BCUT2D eigenvalue weighted by molar-refractivity contribution is 7.16. The number of hydrogen-bond donors (Lipinski definition) is 2. The molecule has 1 amide bonds. The Balaban J connectivity index is 1.90. The predicted octanol–water partition coefficient (Wildman–Crippen LogP) is 4.61. The summed E-state index contributed by atoms with van der Waals surface area (Å²) in [5.41, 5.74) is 2.01. The summed E-state index contributed by atoms with van der Waals surface area (Å²) < 4.78 is 30.6. The Bertz CT molecular complexity index is 1030. The molecule has 0 aliphatic carbocycles. The molecule has 0 unspecified atom stereocenters. The number of hydrogen-bond acceptors (Lipinski definition) is 5. The topological polar surface area (TPSA) is 84.1 Å². The highest BCUT2D eigenvalue weighted by Crippen LogP contribution is 2.33. The van der Waals surface area contributed by atoms with Crippen LogP contribution < -0.4 is 5.32 Å². The molecule has 0 spiro atoms. The van der Waals surface area contributed by atoms with Crippen molar-refractivity contribution in [2.75, 3.05) is 11.9 Å². The molecule has 2 N–H and O–H groups in total. The number of rotatable bonds is 5. The van der Waals surface area contributed by atoms with Crippen molar-refractivity contribution in [3.05, 3.63) is 45.6 Å². The average molecular weight is 393 g/mol. The van der Waals surface area contributed by atoms with Crippen molar-refractivity contribution in [1.82, 2.24) is 9.97 Å². The van der Waals surface area contributed by atoms with Gasteiger partial charge >= 0.3 is 5.97 Å². The smallest absolute Gasteiger partial charge is 0.341 e. The summed E-state index contributed by atoms with van der Waals surface area (Å²) in [6.07, 6.45) is -2.72. The van der Waals surface area contributed by atoms with Crippen LogP contribution >= 0.6 is 11.3 Å². The van der Waals surface area contributed by atoms with Crippen molar-refractivity contribution in [2.24, 2.45) is 0 Å². The largest absolute Gasteiger partial charge is 0.462 e. The van der Waals surface area contributed by atoms with Gasteiger partial charge in [0.25, 0.3) is 12.3 Å². The third-order valence-corrected chi connectivity index (χ3v) is 5.18. The van der Waals surface area contributed by atoms with E-state index < -0.39 is 24.1 Å². The Kier molecular flexibility index (Phi) is 5.22. The van der Waals surface area contributed by atoms with E-state index >= 15 is 0 Å². The van der Waals surface area contributed by atoms with Gasteiger partial charge in [0.2, 0.25) is 0 Å². The molecule has 0 aliphatic rings. The van der Waals surface area contributed by atoms with Gasteiger partial charge in [0.15, 0.2) is 5.82 Å². The molecule has 142 valence electrons. The number of nitrogens with one attached hydrogen (secondary N) is 2. The number of carbonyl (C=O) groups excluding carboxylic acids is 2. The first kappa shape index (κ1) is 19.0. The van der Waals surface area contributed by atoms with Crippen molar-refractivity contribution >= 4 is 39.2 Å². The Hall–Kier alpha value is -2.81. The van der Waals surface area contributed by atoms with Crippen LogP contribution in [-0.2, 0) is 4.74 Å². The van der Waals surface area contributed by atoms with E-state index in [-0.39, 0.29) is 12.2 Å². The number of fused-ring (bicyclic) bond motifs is 1. The summed E-state index contributed by atoms with van der Waals surface area (Å²) in [4.78, 5) is 32.0. The van der Waals surface area contributed by atoms with Gasteiger partial charge < -0.3 is 15.0 Å². The molecule has 0 aliphatic heterocycles. The Morgan fingerprint density at radius 3 is 2.74 bits per heavy atom. The van der Waals surface area contributed by atoms with Crippen molar-refractivity contribution < 1.29 is 23.1 Å². The summed E-state index contributed by atoms with van der Waals surface area (Å²) in [7, 11) is 0. The molecular weight excluding hydrogens is 376 g/mol. The fourth-order valence-electron chi connectivity index (χ4n) is 2.61. The van der Waals surface area contributed by atoms with E-state index in [9.17, 15) is 18.4 Å². The first-order valence-electron chi connectivity index (χ1n) is 8.18. The molecule has 0 radical (unpaired) electrons. The number of aromatic amines is 1. The number of benzene rings is 1. The van der Waals surface area contributed by atoms with Crippen LogP contribution in [0.1, 0.15) is 50.3 Å². The van der Waals surface area contributed by atoms with Gasteiger partial charge in [-0.25, -0.2) is 18.6 Å². The maximum Gasteiger partial charge on any atom is 0.341 e. The van der Waals surface area contributed by atoms with E-state index in [0.717, 1.165) is 10.4 Å². The molecule has 9 heteroatoms. The van der Waals surface area contributed by atoms with E-state index in [2.05, 4.69) is 15.3 Å². The van der Waals surface area contributed by atoms with Crippen LogP contribution in [0.3, 0.4) is 0 Å². The van der Waals surface area contributed by atoms with Crippen molar-refractivity contribution in [1.29, 1.82) is 0 Å². The quantitative estimate of drug-likeness (QED) is 0.620. The predicted molar refractivity (Wildman–Crippen MR) is 98.8 cm³/mol. The van der Waals surface area contributed by atoms with E-state index in [1.807, 2.05) is 6.92 Å². The summed E-state index contributed by atoms with van der Waals surface area (Å²) >= 11 is 1.28. The molecule has 0 saturated carbocycles. The molecule has 2 heterocycles. The summed E-state index contributed by atoms with van der Waals surface area (Å²) in [5.74, 6) is -1.41. The monoisotopic (exact) mass is 393 g/mol. The second-order valence-electron chi connectivity index (χ2n) is 5.82. The lowest BCUT2D eigenvalue weighted by Crippen LogP contribution is -2.14. The number of carbonyl (C=O) groups is 2. The first-order chi connectivity index (χ1) is 12.8. The highest BCUT2D eigenvalue weighted by atomic mass is 32.1.